The van der Waals surface area contributed by atoms with Crippen LogP contribution < -0.4 is 0 Å². The van der Waals surface area contributed by atoms with E-state index in [1.807, 2.05) is 12.1 Å². The zero-order valence-electron chi connectivity index (χ0n) is 12.5. The first-order chi connectivity index (χ1) is 11.9. The maximum absolute atomic E-state index is 10.1. The molecule has 0 unspecified atom stereocenters. The van der Waals surface area contributed by atoms with Crippen LogP contribution in [-0.2, 0) is 14.2 Å². The van der Waals surface area contributed by atoms with Gasteiger partial charge in [-0.05, 0) is 11.1 Å². The van der Waals surface area contributed by atoms with Crippen molar-refractivity contribution in [3.8, 4) is 11.1 Å². The van der Waals surface area contributed by atoms with Gasteiger partial charge in [0, 0.05) is 0 Å². The lowest BCUT2D eigenvalue weighted by Gasteiger charge is -1.98. The molecule has 2 N–H and O–H groups in total. The topological polar surface area (TPSA) is 136 Å². The van der Waals surface area contributed by atoms with Gasteiger partial charge in [-0.15, -0.1) is 0 Å². The monoisotopic (exact) mass is 348 g/mol. The maximum Gasteiger partial charge on any atom is 0.528 e. The van der Waals surface area contributed by atoms with Gasteiger partial charge >= 0.3 is 24.6 Å². The molecule has 0 aliphatic carbocycles. The van der Waals surface area contributed by atoms with Crippen molar-refractivity contribution >= 4 is 24.6 Å². The Morgan fingerprint density at radius 2 is 0.880 bits per heavy atom. The molecular formula is C16H12O9. The van der Waals surface area contributed by atoms with Gasteiger partial charge in [-0.2, -0.15) is 0 Å². The van der Waals surface area contributed by atoms with Crippen molar-refractivity contribution in [2.24, 2.45) is 0 Å². The lowest BCUT2D eigenvalue weighted by Crippen LogP contribution is -2.19. The van der Waals surface area contributed by atoms with Crippen LogP contribution in [0.15, 0.2) is 60.7 Å². The Labute approximate surface area is 141 Å². The van der Waals surface area contributed by atoms with Crippen molar-refractivity contribution in [2.75, 3.05) is 0 Å². The Morgan fingerprint density at radius 3 is 1.16 bits per heavy atom. The summed E-state index contributed by atoms with van der Waals surface area (Å²) in [5.41, 5.74) is 2.55. The highest BCUT2D eigenvalue weighted by Crippen LogP contribution is 2.17. The average molecular weight is 348 g/mol. The fourth-order valence-electron chi connectivity index (χ4n) is 1.51. The molecule has 0 aliphatic rings. The lowest BCUT2D eigenvalue weighted by molar-refractivity contribution is 0.0415. The molecule has 25 heavy (non-hydrogen) atoms. The number of carbonyl (C=O) groups is 4. The maximum atomic E-state index is 10.1. The Kier molecular flexibility index (Phi) is 7.67. The van der Waals surface area contributed by atoms with Crippen molar-refractivity contribution in [1.29, 1.82) is 0 Å². The zero-order valence-corrected chi connectivity index (χ0v) is 12.5. The zero-order chi connectivity index (χ0) is 18.7. The summed E-state index contributed by atoms with van der Waals surface area (Å²) in [5.74, 6) is 0. The van der Waals surface area contributed by atoms with Crippen LogP contribution in [0.5, 0.6) is 0 Å². The standard InChI is InChI=1S/C12H10.C4H2O9/c1-3-7-11(8-4-1)12-9-5-2-6-10-12;5-1(6)11-3(9)13-4(10)12-2(7)8/h1-10H;(H,5,6)(H,7,8). The highest BCUT2D eigenvalue weighted by Gasteiger charge is 2.18. The molecule has 2 aromatic rings. The second kappa shape index (κ2) is 10.0. The quantitative estimate of drug-likeness (QED) is 0.579. The van der Waals surface area contributed by atoms with E-state index < -0.39 is 24.6 Å². The van der Waals surface area contributed by atoms with Crippen molar-refractivity contribution in [3.63, 3.8) is 0 Å². The second-order valence-corrected chi connectivity index (χ2v) is 4.07. The number of carbonyl (C=O) groups excluding carboxylic acids is 2. The lowest BCUT2D eigenvalue weighted by atomic mass is 10.1. The summed E-state index contributed by atoms with van der Waals surface area (Å²) >= 11 is 0. The first-order valence-corrected chi connectivity index (χ1v) is 6.56. The number of hydrogen-bond donors (Lipinski definition) is 2. The summed E-state index contributed by atoms with van der Waals surface area (Å²) in [6.07, 6.45) is -7.82. The third kappa shape index (κ3) is 8.35. The predicted octanol–water partition coefficient (Wildman–Crippen LogP) is 3.99. The van der Waals surface area contributed by atoms with Gasteiger partial charge in [0.05, 0.1) is 0 Å². The van der Waals surface area contributed by atoms with Crippen LogP contribution in [0.4, 0.5) is 19.2 Å². The van der Waals surface area contributed by atoms with Gasteiger partial charge in [0.25, 0.3) is 0 Å². The first-order valence-electron chi connectivity index (χ1n) is 6.56. The molecule has 0 bridgehead atoms. The molecular weight excluding hydrogens is 336 g/mol. The van der Waals surface area contributed by atoms with Crippen LogP contribution in [0, 0.1) is 0 Å². The summed E-state index contributed by atoms with van der Waals surface area (Å²) in [6.45, 7) is 0. The number of ether oxygens (including phenoxy) is 3. The first kappa shape index (κ1) is 19.2. The molecule has 0 spiro atoms. The molecule has 0 aromatic heterocycles. The van der Waals surface area contributed by atoms with E-state index in [0.29, 0.717) is 0 Å². The predicted molar refractivity (Wildman–Crippen MR) is 82.0 cm³/mol. The van der Waals surface area contributed by atoms with E-state index in [1.165, 1.54) is 11.1 Å². The van der Waals surface area contributed by atoms with Crippen LogP contribution >= 0.6 is 0 Å². The molecule has 2 aromatic carbocycles. The molecule has 0 saturated carbocycles. The van der Waals surface area contributed by atoms with E-state index in [4.69, 9.17) is 10.2 Å². The van der Waals surface area contributed by atoms with Gasteiger partial charge in [-0.3, -0.25) is 0 Å². The average Bonchev–Trinajstić information content (AvgIpc) is 2.55. The molecule has 2 rings (SSSR count). The molecule has 0 atom stereocenters. The molecule has 0 radical (unpaired) electrons. The Bertz CT molecular complexity index is 662. The van der Waals surface area contributed by atoms with Gasteiger partial charge in [-0.25, -0.2) is 19.2 Å². The third-order valence-electron chi connectivity index (χ3n) is 2.39. The van der Waals surface area contributed by atoms with Gasteiger partial charge in [-0.1, -0.05) is 60.7 Å². The summed E-state index contributed by atoms with van der Waals surface area (Å²) in [6, 6.07) is 20.8. The van der Waals surface area contributed by atoms with E-state index in [9.17, 15) is 19.2 Å². The van der Waals surface area contributed by atoms with Crippen molar-refractivity contribution in [1.82, 2.24) is 0 Å². The van der Waals surface area contributed by atoms with Crippen LogP contribution in [-0.4, -0.2) is 34.8 Å². The smallest absolute Gasteiger partial charge is 0.449 e. The molecule has 0 amide bonds. The van der Waals surface area contributed by atoms with Gasteiger partial charge < -0.3 is 24.4 Å². The molecule has 0 saturated heterocycles. The number of rotatable bonds is 1. The van der Waals surface area contributed by atoms with Crippen LogP contribution in [0.1, 0.15) is 0 Å². The molecule has 9 heteroatoms. The van der Waals surface area contributed by atoms with Gasteiger partial charge in [0.2, 0.25) is 0 Å². The Balaban J connectivity index is 0.000000250. The van der Waals surface area contributed by atoms with E-state index in [-0.39, 0.29) is 0 Å². The van der Waals surface area contributed by atoms with Crippen molar-refractivity contribution in [2.45, 2.75) is 0 Å². The normalized spacial score (nSPS) is 8.96. The molecule has 9 nitrogen and oxygen atoms in total. The van der Waals surface area contributed by atoms with Crippen molar-refractivity contribution in [3.05, 3.63) is 60.7 Å². The van der Waals surface area contributed by atoms with Crippen LogP contribution in [0.2, 0.25) is 0 Å². The number of hydrogen-bond acceptors (Lipinski definition) is 7. The molecule has 0 heterocycles. The SMILES string of the molecule is O=C(O)OC(=O)OC(=O)OC(=O)O.c1ccc(-c2ccccc2)cc1. The van der Waals surface area contributed by atoms with Gasteiger partial charge in [0.15, 0.2) is 0 Å². The van der Waals surface area contributed by atoms with Crippen LogP contribution in [0.25, 0.3) is 11.1 Å². The minimum absolute atomic E-state index is 1.28. The second-order valence-electron chi connectivity index (χ2n) is 4.07. The van der Waals surface area contributed by atoms with E-state index in [2.05, 4.69) is 62.7 Å². The minimum atomic E-state index is -2.01. The van der Waals surface area contributed by atoms with Crippen LogP contribution in [0.3, 0.4) is 0 Å². The summed E-state index contributed by atoms with van der Waals surface area (Å²) in [5, 5.41) is 15.6. The number of carboxylic acid groups (broad SMARTS) is 2. The van der Waals surface area contributed by atoms with E-state index in [0.717, 1.165) is 0 Å². The largest absolute Gasteiger partial charge is 0.528 e. The van der Waals surface area contributed by atoms with E-state index in [1.54, 1.807) is 0 Å². The highest BCUT2D eigenvalue weighted by atomic mass is 16.9. The number of benzene rings is 2. The summed E-state index contributed by atoms with van der Waals surface area (Å²) < 4.78 is 9.92. The summed E-state index contributed by atoms with van der Waals surface area (Å²) in [7, 11) is 0. The highest BCUT2D eigenvalue weighted by molar-refractivity contribution is 5.86. The fourth-order valence-corrected chi connectivity index (χ4v) is 1.51. The Morgan fingerprint density at radius 1 is 0.560 bits per heavy atom. The third-order valence-corrected chi connectivity index (χ3v) is 2.39. The molecule has 0 fully saturated rings. The minimum Gasteiger partial charge on any atom is -0.449 e. The molecule has 130 valence electrons. The van der Waals surface area contributed by atoms with Crippen molar-refractivity contribution < 1.29 is 43.6 Å². The van der Waals surface area contributed by atoms with E-state index >= 15 is 0 Å². The molecule has 0 aliphatic heterocycles. The Hall–Kier alpha value is -3.88. The fraction of sp³-hybridized carbons (Fsp3) is 0. The van der Waals surface area contributed by atoms with Gasteiger partial charge in [0.1, 0.15) is 0 Å². The summed E-state index contributed by atoms with van der Waals surface area (Å²) in [4.78, 5) is 39.5.